The Morgan fingerprint density at radius 2 is 2.14 bits per heavy atom. The second-order valence-electron chi connectivity index (χ2n) is 3.80. The van der Waals surface area contributed by atoms with E-state index in [1.54, 1.807) is 7.11 Å². The number of carbonyl (C=O) groups is 1. The van der Waals surface area contributed by atoms with Crippen LogP contribution in [0.1, 0.15) is 19.8 Å². The van der Waals surface area contributed by atoms with Gasteiger partial charge in [0.2, 0.25) is 5.91 Å². The normalized spacial score (nSPS) is 12.9. The minimum absolute atomic E-state index is 0.0677. The Bertz CT molecular complexity index is 160. The molecule has 1 atom stereocenters. The molecular weight excluding hydrogens is 180 g/mol. The summed E-state index contributed by atoms with van der Waals surface area (Å²) in [6.07, 6.45) is 1.43. The average Bonchev–Trinajstić information content (AvgIpc) is 2.11. The number of nitrogens with zero attached hydrogens (tertiary/aromatic N) is 1. The van der Waals surface area contributed by atoms with Gasteiger partial charge in [0, 0.05) is 19.6 Å². The minimum Gasteiger partial charge on any atom is -0.384 e. The molecule has 0 radical (unpaired) electrons. The van der Waals surface area contributed by atoms with Crippen molar-refractivity contribution in [3.8, 4) is 0 Å². The number of nitrogens with one attached hydrogen (secondary N) is 1. The molecule has 0 rings (SSSR count). The molecule has 0 fully saturated rings. The molecule has 1 N–H and O–H groups in total. The fourth-order valence-electron chi connectivity index (χ4n) is 1.07. The Hall–Kier alpha value is -0.610. The zero-order valence-corrected chi connectivity index (χ0v) is 9.67. The minimum atomic E-state index is 0.0677. The van der Waals surface area contributed by atoms with Crippen LogP contribution in [0, 0.1) is 0 Å². The van der Waals surface area contributed by atoms with Gasteiger partial charge >= 0.3 is 0 Å². The molecular formula is C10H22N2O2. The molecule has 4 nitrogen and oxygen atoms in total. The van der Waals surface area contributed by atoms with E-state index >= 15 is 0 Å². The number of hydrogen-bond donors (Lipinski definition) is 1. The van der Waals surface area contributed by atoms with Crippen molar-refractivity contribution in [3.63, 3.8) is 0 Å². The van der Waals surface area contributed by atoms with Crippen LogP contribution in [0.15, 0.2) is 0 Å². The highest BCUT2D eigenvalue weighted by Gasteiger charge is 2.06. The molecule has 0 aromatic heterocycles. The molecule has 1 unspecified atom stereocenters. The topological polar surface area (TPSA) is 41.6 Å². The molecule has 0 spiro atoms. The zero-order valence-electron chi connectivity index (χ0n) is 9.67. The highest BCUT2D eigenvalue weighted by Crippen LogP contribution is 1.93. The smallest absolute Gasteiger partial charge is 0.222 e. The van der Waals surface area contributed by atoms with Crippen LogP contribution in [0.5, 0.6) is 0 Å². The lowest BCUT2D eigenvalue weighted by molar-refractivity contribution is -0.122. The van der Waals surface area contributed by atoms with E-state index < -0.39 is 0 Å². The third kappa shape index (κ3) is 8.01. The fraction of sp³-hybridized carbons (Fsp3) is 0.900. The van der Waals surface area contributed by atoms with Gasteiger partial charge in [0.05, 0.1) is 6.61 Å². The summed E-state index contributed by atoms with van der Waals surface area (Å²) in [5.74, 6) is 0.0677. The fourth-order valence-corrected chi connectivity index (χ4v) is 1.07. The summed E-state index contributed by atoms with van der Waals surface area (Å²) in [6.45, 7) is 3.51. The number of methoxy groups -OCH3 is 1. The molecule has 0 saturated heterocycles. The average molecular weight is 202 g/mol. The van der Waals surface area contributed by atoms with Crippen LogP contribution in [-0.4, -0.2) is 51.2 Å². The molecule has 0 aliphatic heterocycles. The third-order valence-electron chi connectivity index (χ3n) is 1.95. The van der Waals surface area contributed by atoms with Crippen LogP contribution in [0.4, 0.5) is 0 Å². The third-order valence-corrected chi connectivity index (χ3v) is 1.95. The van der Waals surface area contributed by atoms with Crippen LogP contribution < -0.4 is 5.32 Å². The molecule has 4 heteroatoms. The van der Waals surface area contributed by atoms with Gasteiger partial charge in [0.1, 0.15) is 0 Å². The monoisotopic (exact) mass is 202 g/mol. The lowest BCUT2D eigenvalue weighted by atomic mass is 10.2. The predicted molar refractivity (Wildman–Crippen MR) is 57.3 cm³/mol. The number of rotatable bonds is 7. The van der Waals surface area contributed by atoms with E-state index in [-0.39, 0.29) is 11.9 Å². The Kier molecular flexibility index (Phi) is 7.42. The number of ether oxygens (including phenoxy) is 1. The molecule has 0 aromatic carbocycles. The maximum Gasteiger partial charge on any atom is 0.222 e. The second kappa shape index (κ2) is 7.76. The van der Waals surface area contributed by atoms with E-state index in [4.69, 9.17) is 4.74 Å². The van der Waals surface area contributed by atoms with Crippen LogP contribution in [-0.2, 0) is 9.53 Å². The van der Waals surface area contributed by atoms with Gasteiger partial charge in [-0.25, -0.2) is 0 Å². The molecule has 84 valence electrons. The molecule has 0 heterocycles. The molecule has 1 amide bonds. The molecule has 0 bridgehead atoms. The zero-order chi connectivity index (χ0) is 11.0. The summed E-state index contributed by atoms with van der Waals surface area (Å²) in [7, 11) is 5.65. The Balaban J connectivity index is 3.50. The highest BCUT2D eigenvalue weighted by atomic mass is 16.5. The first-order chi connectivity index (χ1) is 6.56. The van der Waals surface area contributed by atoms with E-state index in [1.165, 1.54) is 0 Å². The summed E-state index contributed by atoms with van der Waals surface area (Å²) in [6, 6.07) is 0.238. The summed E-state index contributed by atoms with van der Waals surface area (Å²) < 4.78 is 4.82. The second-order valence-corrected chi connectivity index (χ2v) is 3.80. The van der Waals surface area contributed by atoms with Crippen molar-refractivity contribution in [2.45, 2.75) is 25.8 Å². The molecule has 14 heavy (non-hydrogen) atoms. The molecule has 0 aliphatic rings. The van der Waals surface area contributed by atoms with Crippen LogP contribution in [0.2, 0.25) is 0 Å². The van der Waals surface area contributed by atoms with Crippen molar-refractivity contribution in [2.75, 3.05) is 34.4 Å². The maximum absolute atomic E-state index is 11.3. The van der Waals surface area contributed by atoms with Crippen molar-refractivity contribution in [3.05, 3.63) is 0 Å². The van der Waals surface area contributed by atoms with Crippen molar-refractivity contribution < 1.29 is 9.53 Å². The summed E-state index contributed by atoms with van der Waals surface area (Å²) in [5.41, 5.74) is 0. The molecule has 0 saturated carbocycles. The van der Waals surface area contributed by atoms with E-state index in [1.807, 2.05) is 21.0 Å². The highest BCUT2D eigenvalue weighted by molar-refractivity contribution is 5.76. The SMILES string of the molecule is COCCC(=O)NC(C)CCN(C)C. The van der Waals surface area contributed by atoms with Gasteiger partial charge in [0.15, 0.2) is 0 Å². The van der Waals surface area contributed by atoms with E-state index in [0.717, 1.165) is 13.0 Å². The van der Waals surface area contributed by atoms with Crippen molar-refractivity contribution in [1.29, 1.82) is 0 Å². The van der Waals surface area contributed by atoms with Gasteiger partial charge in [-0.3, -0.25) is 4.79 Å². The standard InChI is InChI=1S/C10H22N2O2/c1-9(5-7-12(2)3)11-10(13)6-8-14-4/h9H,5-8H2,1-4H3,(H,11,13). The number of carbonyl (C=O) groups excluding carboxylic acids is 1. The van der Waals surface area contributed by atoms with E-state index in [2.05, 4.69) is 10.2 Å². The van der Waals surface area contributed by atoms with Gasteiger partial charge in [-0.1, -0.05) is 0 Å². The van der Waals surface area contributed by atoms with Crippen molar-refractivity contribution >= 4 is 5.91 Å². The quantitative estimate of drug-likeness (QED) is 0.653. The van der Waals surface area contributed by atoms with Crippen LogP contribution >= 0.6 is 0 Å². The van der Waals surface area contributed by atoms with Crippen LogP contribution in [0.25, 0.3) is 0 Å². The largest absolute Gasteiger partial charge is 0.384 e. The Morgan fingerprint density at radius 3 is 2.64 bits per heavy atom. The number of hydrogen-bond acceptors (Lipinski definition) is 3. The first kappa shape index (κ1) is 13.4. The first-order valence-corrected chi connectivity index (χ1v) is 4.99. The Labute approximate surface area is 86.6 Å². The van der Waals surface area contributed by atoms with Gasteiger partial charge in [-0.05, 0) is 34.0 Å². The van der Waals surface area contributed by atoms with Crippen molar-refractivity contribution in [1.82, 2.24) is 10.2 Å². The van der Waals surface area contributed by atoms with Crippen LogP contribution in [0.3, 0.4) is 0 Å². The predicted octanol–water partition coefficient (Wildman–Crippen LogP) is 0.479. The molecule has 0 aliphatic carbocycles. The van der Waals surface area contributed by atoms with E-state index in [0.29, 0.717) is 13.0 Å². The lowest BCUT2D eigenvalue weighted by Gasteiger charge is -2.16. The summed E-state index contributed by atoms with van der Waals surface area (Å²) in [5, 5.41) is 2.92. The van der Waals surface area contributed by atoms with E-state index in [9.17, 15) is 4.79 Å². The summed E-state index contributed by atoms with van der Waals surface area (Å²) in [4.78, 5) is 13.4. The Morgan fingerprint density at radius 1 is 1.50 bits per heavy atom. The molecule has 0 aromatic rings. The van der Waals surface area contributed by atoms with Gasteiger partial charge in [-0.15, -0.1) is 0 Å². The van der Waals surface area contributed by atoms with Gasteiger partial charge in [0.25, 0.3) is 0 Å². The van der Waals surface area contributed by atoms with Crippen molar-refractivity contribution in [2.24, 2.45) is 0 Å². The summed E-state index contributed by atoms with van der Waals surface area (Å²) >= 11 is 0. The maximum atomic E-state index is 11.3. The lowest BCUT2D eigenvalue weighted by Crippen LogP contribution is -2.35. The number of amides is 1. The van der Waals surface area contributed by atoms with Gasteiger partial charge < -0.3 is 15.0 Å². The first-order valence-electron chi connectivity index (χ1n) is 4.99. The van der Waals surface area contributed by atoms with Gasteiger partial charge in [-0.2, -0.15) is 0 Å².